The maximum atomic E-state index is 12.7. The Bertz CT molecular complexity index is 1300. The molecule has 2 aromatic heterocycles. The lowest BCUT2D eigenvalue weighted by atomic mass is 10.1. The van der Waals surface area contributed by atoms with Crippen molar-refractivity contribution in [1.82, 2.24) is 19.5 Å². The van der Waals surface area contributed by atoms with Crippen LogP contribution in [0.4, 0.5) is 5.82 Å². The number of carbonyl (C=O) groups excluding carboxylic acids is 1. The number of nitrogens with zero attached hydrogens (tertiary/aromatic N) is 4. The fourth-order valence-electron chi connectivity index (χ4n) is 4.59. The van der Waals surface area contributed by atoms with Crippen molar-refractivity contribution < 1.29 is 61.2 Å². The number of cyclic esters (lactones) is 1. The summed E-state index contributed by atoms with van der Waals surface area (Å²) in [5, 5.41) is 0. The maximum Gasteiger partial charge on any atom is 0.340 e. The number of anilines is 1. The highest BCUT2D eigenvalue weighted by molar-refractivity contribution is 7.70. The summed E-state index contributed by atoms with van der Waals surface area (Å²) >= 11 is 0. The molecule has 4 N–H and O–H groups in total. The van der Waals surface area contributed by atoms with Crippen LogP contribution < -0.4 is 5.73 Å². The Morgan fingerprint density at radius 2 is 1.55 bits per heavy atom. The normalized spacial score (nSPS) is 31.8. The average Bonchev–Trinajstić information content (AvgIpc) is 3.58. The van der Waals surface area contributed by atoms with Gasteiger partial charge < -0.3 is 53.0 Å². The van der Waals surface area contributed by atoms with E-state index < -0.39 is 83.1 Å². The third kappa shape index (κ3) is 6.37. The number of hydrogen-bond acceptors (Lipinski definition) is 15. The van der Waals surface area contributed by atoms with Crippen molar-refractivity contribution in [1.29, 1.82) is 0 Å². The summed E-state index contributed by atoms with van der Waals surface area (Å²) in [7, 11) is -4.00. The number of methoxy groups -OCH3 is 4. The molecule has 224 valence electrons. The first-order chi connectivity index (χ1) is 18.9. The number of hydrogen-bond donors (Lipinski definition) is 3. The van der Waals surface area contributed by atoms with Crippen molar-refractivity contribution in [2.75, 3.05) is 53.3 Å². The van der Waals surface area contributed by atoms with Gasteiger partial charge in [0.2, 0.25) is 0 Å². The van der Waals surface area contributed by atoms with Gasteiger partial charge in [0.05, 0.1) is 19.5 Å². The van der Waals surface area contributed by atoms with Crippen LogP contribution in [0.2, 0.25) is 0 Å². The van der Waals surface area contributed by atoms with Crippen LogP contribution in [0.25, 0.3) is 11.2 Å². The molecule has 9 atom stereocenters. The van der Waals surface area contributed by atoms with Crippen LogP contribution >= 0.6 is 15.2 Å². The fraction of sp³-hybridized carbons (Fsp3) is 0.700. The summed E-state index contributed by atoms with van der Waals surface area (Å²) in [6, 6.07) is 0. The Balaban J connectivity index is 1.39. The second-order valence-corrected chi connectivity index (χ2v) is 13.1. The minimum Gasteiger partial charge on any atom is -0.455 e. The van der Waals surface area contributed by atoms with E-state index in [1.165, 1.54) is 41.1 Å². The number of nitrogen functional groups attached to an aromatic ring is 1. The molecule has 40 heavy (non-hydrogen) atoms. The van der Waals surface area contributed by atoms with Gasteiger partial charge in [0.15, 0.2) is 35.8 Å². The molecule has 0 aromatic carbocycles. The molecule has 2 aromatic rings. The van der Waals surface area contributed by atoms with Crippen molar-refractivity contribution in [3.63, 3.8) is 0 Å². The number of carbonyl (C=O) groups is 1. The van der Waals surface area contributed by atoms with E-state index in [1.54, 1.807) is 4.57 Å². The minimum atomic E-state index is -4.71. The summed E-state index contributed by atoms with van der Waals surface area (Å²) in [4.78, 5) is 44.7. The average molecular weight is 611 g/mol. The van der Waals surface area contributed by atoms with Gasteiger partial charge >= 0.3 is 21.2 Å². The topological polar surface area (TPSA) is 235 Å². The summed E-state index contributed by atoms with van der Waals surface area (Å²) < 4.78 is 69.3. The zero-order valence-electron chi connectivity index (χ0n) is 22.0. The van der Waals surface area contributed by atoms with E-state index in [1.807, 2.05) is 0 Å². The van der Waals surface area contributed by atoms with E-state index in [4.69, 9.17) is 43.2 Å². The number of esters is 1. The molecule has 0 radical (unpaired) electrons. The molecule has 0 spiro atoms. The van der Waals surface area contributed by atoms with Crippen LogP contribution in [-0.2, 0) is 51.4 Å². The Hall–Kier alpha value is -2.08. The molecular weight excluding hydrogens is 580 g/mol. The van der Waals surface area contributed by atoms with Gasteiger partial charge in [-0.05, 0) is 0 Å². The molecule has 9 unspecified atom stereocenters. The number of rotatable bonds is 13. The lowest BCUT2D eigenvalue weighted by Gasteiger charge is -2.23. The first-order valence-electron chi connectivity index (χ1n) is 11.8. The number of nitrogens with two attached hydrogens (primary N) is 1. The van der Waals surface area contributed by atoms with Gasteiger partial charge in [0.1, 0.15) is 36.3 Å². The summed E-state index contributed by atoms with van der Waals surface area (Å²) in [5.74, 6) is -1.81. The van der Waals surface area contributed by atoms with E-state index in [0.29, 0.717) is 11.2 Å². The lowest BCUT2D eigenvalue weighted by Crippen LogP contribution is -2.37. The minimum absolute atomic E-state index is 0.165. The molecular formula is C20H31N5O13P2. The smallest absolute Gasteiger partial charge is 0.340 e. The van der Waals surface area contributed by atoms with Gasteiger partial charge in [0, 0.05) is 28.4 Å². The Kier molecular flexibility index (Phi) is 9.59. The molecule has 0 amide bonds. The second-order valence-electron chi connectivity index (χ2n) is 8.89. The van der Waals surface area contributed by atoms with E-state index in [0.717, 1.165) is 0 Å². The number of ether oxygens (including phenoxy) is 6. The van der Waals surface area contributed by atoms with Gasteiger partial charge in [-0.25, -0.2) is 19.7 Å². The third-order valence-electron chi connectivity index (χ3n) is 6.42. The fourth-order valence-corrected chi connectivity index (χ4v) is 7.81. The highest BCUT2D eigenvalue weighted by atomic mass is 31.2. The molecule has 0 bridgehead atoms. The quantitative estimate of drug-likeness (QED) is 0.194. The van der Waals surface area contributed by atoms with Crippen LogP contribution in [0.3, 0.4) is 0 Å². The molecule has 20 heteroatoms. The molecule has 2 saturated heterocycles. The van der Waals surface area contributed by atoms with Crippen LogP contribution in [0.1, 0.15) is 6.23 Å². The first kappa shape index (κ1) is 30.9. The molecule has 0 aliphatic carbocycles. The van der Waals surface area contributed by atoms with Crippen LogP contribution in [-0.4, -0.2) is 119 Å². The van der Waals surface area contributed by atoms with Gasteiger partial charge in [-0.15, -0.1) is 0 Å². The van der Waals surface area contributed by atoms with Crippen molar-refractivity contribution in [2.24, 2.45) is 0 Å². The summed E-state index contributed by atoms with van der Waals surface area (Å²) in [5.41, 5.74) is 6.57. The molecule has 0 saturated carbocycles. The van der Waals surface area contributed by atoms with E-state index in [-0.39, 0.29) is 5.82 Å². The molecule has 4 rings (SSSR count). The maximum absolute atomic E-state index is 12.7. The van der Waals surface area contributed by atoms with E-state index in [9.17, 15) is 23.7 Å². The standard InChI is InChI=1S/C20H31N5O13P2/c1-31-13-10(37-19(15(13)33-3)25-8-24-12-17(21)22-7-23-18(12)25)5-35-39(27,28)9-40(29,30)36-6-11-14(32-2)16(34-4)20(26)38-11/h7-8,10-11,13-16,19H,5-6,9H2,1-4H3,(H,27,28)(H,29,30)(H2,21,22,23). The monoisotopic (exact) mass is 611 g/mol. The van der Waals surface area contributed by atoms with Crippen molar-refractivity contribution in [3.8, 4) is 0 Å². The zero-order valence-corrected chi connectivity index (χ0v) is 23.8. The highest BCUT2D eigenvalue weighted by Gasteiger charge is 2.49. The van der Waals surface area contributed by atoms with Crippen LogP contribution in [0, 0.1) is 0 Å². The number of fused-ring (bicyclic) bond motifs is 1. The second kappa shape index (κ2) is 12.4. The Labute approximate surface area is 228 Å². The number of aromatic nitrogens is 4. The van der Waals surface area contributed by atoms with Gasteiger partial charge in [-0.2, -0.15) is 0 Å². The Morgan fingerprint density at radius 1 is 0.925 bits per heavy atom. The third-order valence-corrected chi connectivity index (χ3v) is 10.4. The highest BCUT2D eigenvalue weighted by Crippen LogP contribution is 2.58. The van der Waals surface area contributed by atoms with Crippen molar-refractivity contribution >= 4 is 38.1 Å². The predicted molar refractivity (Wildman–Crippen MR) is 133 cm³/mol. The Morgan fingerprint density at radius 3 is 2.15 bits per heavy atom. The van der Waals surface area contributed by atoms with E-state index >= 15 is 0 Å². The van der Waals surface area contributed by atoms with Gasteiger partial charge in [-0.3, -0.25) is 13.7 Å². The molecule has 4 heterocycles. The first-order valence-corrected chi connectivity index (χ1v) is 15.3. The van der Waals surface area contributed by atoms with Gasteiger partial charge in [-0.1, -0.05) is 0 Å². The molecule has 2 aliphatic heterocycles. The molecule has 18 nitrogen and oxygen atoms in total. The van der Waals surface area contributed by atoms with Gasteiger partial charge in [0.25, 0.3) is 0 Å². The number of imidazole rings is 1. The zero-order chi connectivity index (χ0) is 29.2. The molecule has 2 fully saturated rings. The van der Waals surface area contributed by atoms with Crippen LogP contribution in [0.15, 0.2) is 12.7 Å². The van der Waals surface area contributed by atoms with Crippen molar-refractivity contribution in [3.05, 3.63) is 12.7 Å². The predicted octanol–water partition coefficient (Wildman–Crippen LogP) is -0.347. The SMILES string of the molecule is COC1C(=O)OC(COP(=O)(O)CP(=O)(O)OCC2OC(n3cnc4c(N)ncnc43)C(OC)C2OC)C1OC. The van der Waals surface area contributed by atoms with Crippen molar-refractivity contribution in [2.45, 2.75) is 42.9 Å². The largest absolute Gasteiger partial charge is 0.455 e. The lowest BCUT2D eigenvalue weighted by molar-refractivity contribution is -0.149. The van der Waals surface area contributed by atoms with E-state index in [2.05, 4.69) is 15.0 Å². The summed E-state index contributed by atoms with van der Waals surface area (Å²) in [6.45, 7) is -1.09. The summed E-state index contributed by atoms with van der Waals surface area (Å²) in [6.07, 6.45) is -3.61. The molecule has 2 aliphatic rings. The van der Waals surface area contributed by atoms with Crippen LogP contribution in [0.5, 0.6) is 0 Å².